The number of nitrogens with one attached hydrogen (secondary N) is 1. The number of H-pyrrole nitrogens is 1. The van der Waals surface area contributed by atoms with Gasteiger partial charge in [-0.05, 0) is 43.9 Å². The van der Waals surface area contributed by atoms with Gasteiger partial charge in [-0.1, -0.05) is 30.3 Å². The van der Waals surface area contributed by atoms with Crippen molar-refractivity contribution < 1.29 is 18.0 Å². The van der Waals surface area contributed by atoms with Crippen molar-refractivity contribution in [1.82, 2.24) is 14.9 Å². The average molecular weight is 443 g/mol. The van der Waals surface area contributed by atoms with E-state index in [1.54, 1.807) is 6.07 Å². The van der Waals surface area contributed by atoms with E-state index in [0.717, 1.165) is 11.6 Å². The van der Waals surface area contributed by atoms with Crippen LogP contribution in [0, 0.1) is 6.92 Å². The normalized spacial score (nSPS) is 15.3. The minimum absolute atomic E-state index is 0.0399. The number of aromatic amines is 1. The van der Waals surface area contributed by atoms with Crippen LogP contribution in [0.1, 0.15) is 47.7 Å². The second kappa shape index (κ2) is 8.76. The fourth-order valence-electron chi connectivity index (χ4n) is 4.35. The number of halogens is 3. The van der Waals surface area contributed by atoms with Crippen molar-refractivity contribution in [3.8, 4) is 0 Å². The Bertz CT molecular complexity index is 1180. The number of pyridine rings is 2. The number of aryl methyl sites for hydroxylation is 2. The molecule has 4 rings (SSSR count). The van der Waals surface area contributed by atoms with Gasteiger partial charge in [-0.25, -0.2) is 0 Å². The first-order valence-electron chi connectivity index (χ1n) is 10.7. The Labute approximate surface area is 183 Å². The zero-order chi connectivity index (χ0) is 22.9. The third-order valence-electron chi connectivity index (χ3n) is 6.02. The summed E-state index contributed by atoms with van der Waals surface area (Å²) in [5.41, 5.74) is 0.207. The van der Waals surface area contributed by atoms with Gasteiger partial charge in [0, 0.05) is 36.8 Å². The van der Waals surface area contributed by atoms with Crippen LogP contribution in [0.25, 0.3) is 10.9 Å². The molecule has 3 heterocycles. The van der Waals surface area contributed by atoms with E-state index in [1.165, 1.54) is 6.92 Å². The zero-order valence-corrected chi connectivity index (χ0v) is 17.7. The van der Waals surface area contributed by atoms with Crippen LogP contribution in [0.15, 0.2) is 47.3 Å². The second-order valence-electron chi connectivity index (χ2n) is 8.26. The number of piperidine rings is 1. The lowest BCUT2D eigenvalue weighted by molar-refractivity contribution is -0.136. The highest BCUT2D eigenvalue weighted by Gasteiger charge is 2.35. The predicted molar refractivity (Wildman–Crippen MR) is 115 cm³/mol. The molecule has 1 fully saturated rings. The van der Waals surface area contributed by atoms with Gasteiger partial charge in [0.1, 0.15) is 0 Å². The van der Waals surface area contributed by atoms with Gasteiger partial charge in [-0.2, -0.15) is 13.2 Å². The highest BCUT2D eigenvalue weighted by atomic mass is 19.4. The first kappa shape index (κ1) is 22.0. The van der Waals surface area contributed by atoms with E-state index < -0.39 is 22.7 Å². The van der Waals surface area contributed by atoms with Gasteiger partial charge in [-0.15, -0.1) is 0 Å². The molecule has 1 amide bonds. The van der Waals surface area contributed by atoms with E-state index in [4.69, 9.17) is 0 Å². The quantitative estimate of drug-likeness (QED) is 0.642. The van der Waals surface area contributed by atoms with Crippen LogP contribution in [0.4, 0.5) is 13.2 Å². The van der Waals surface area contributed by atoms with E-state index >= 15 is 0 Å². The molecule has 1 aliphatic rings. The molecule has 0 saturated carbocycles. The molecule has 168 valence electrons. The Balaban J connectivity index is 1.47. The monoisotopic (exact) mass is 443 g/mol. The van der Waals surface area contributed by atoms with Crippen LogP contribution >= 0.6 is 0 Å². The average Bonchev–Trinajstić information content (AvgIpc) is 2.76. The molecule has 8 heteroatoms. The minimum Gasteiger partial charge on any atom is -0.343 e. The maximum absolute atomic E-state index is 13.4. The molecule has 0 bridgehead atoms. The molecule has 0 atom stereocenters. The lowest BCUT2D eigenvalue weighted by Crippen LogP contribution is -2.38. The molecule has 1 aliphatic heterocycles. The number of fused-ring (bicyclic) bond motifs is 1. The minimum atomic E-state index is -4.63. The molecule has 2 aromatic heterocycles. The molecule has 1 aromatic carbocycles. The van der Waals surface area contributed by atoms with Crippen molar-refractivity contribution in [2.75, 3.05) is 13.1 Å². The lowest BCUT2D eigenvalue weighted by atomic mass is 9.92. The largest absolute Gasteiger partial charge is 0.417 e. The highest BCUT2D eigenvalue weighted by molar-refractivity contribution is 5.82. The van der Waals surface area contributed by atoms with Gasteiger partial charge in [0.25, 0.3) is 5.56 Å². The summed E-state index contributed by atoms with van der Waals surface area (Å²) in [7, 11) is 0. The molecule has 32 heavy (non-hydrogen) atoms. The molecular weight excluding hydrogens is 419 g/mol. The molecule has 1 N–H and O–H groups in total. The number of hydrogen-bond acceptors (Lipinski definition) is 3. The standard InChI is InChI=1S/C24H24F3N3O2/c1-15-13-18(24(25,26)27)22-20(28-15)14-19(29-23(22)32)17-9-11-30(12-10-17)21(31)8-7-16-5-3-2-4-6-16/h2-6,13-14,17H,7-12H2,1H3,(H,29,32). The number of rotatable bonds is 4. The number of amides is 1. The molecule has 3 aromatic rings. The third kappa shape index (κ3) is 4.69. The molecule has 0 aliphatic carbocycles. The number of likely N-dealkylation sites (tertiary alicyclic amines) is 1. The number of carbonyl (C=O) groups is 1. The van der Waals surface area contributed by atoms with Crippen molar-refractivity contribution in [2.24, 2.45) is 0 Å². The van der Waals surface area contributed by atoms with Gasteiger partial charge >= 0.3 is 6.18 Å². The van der Waals surface area contributed by atoms with Crippen molar-refractivity contribution in [2.45, 2.75) is 44.7 Å². The van der Waals surface area contributed by atoms with E-state index in [1.807, 2.05) is 35.2 Å². The highest BCUT2D eigenvalue weighted by Crippen LogP contribution is 2.34. The van der Waals surface area contributed by atoms with Gasteiger partial charge in [0.2, 0.25) is 5.91 Å². The number of hydrogen-bond donors (Lipinski definition) is 1. The van der Waals surface area contributed by atoms with E-state index in [-0.39, 0.29) is 23.0 Å². The van der Waals surface area contributed by atoms with Gasteiger partial charge in [0.15, 0.2) is 0 Å². The van der Waals surface area contributed by atoms with E-state index in [9.17, 15) is 22.8 Å². The Morgan fingerprint density at radius 3 is 2.50 bits per heavy atom. The predicted octanol–water partition coefficient (Wildman–Crippen LogP) is 4.59. The number of alkyl halides is 3. The summed E-state index contributed by atoms with van der Waals surface area (Å²) < 4.78 is 40.2. The fraction of sp³-hybridized carbons (Fsp3) is 0.375. The van der Waals surface area contributed by atoms with Crippen LogP contribution in [-0.4, -0.2) is 33.9 Å². The topological polar surface area (TPSA) is 66.1 Å². The van der Waals surface area contributed by atoms with Crippen molar-refractivity contribution in [3.63, 3.8) is 0 Å². The van der Waals surface area contributed by atoms with Crippen LogP contribution in [0.3, 0.4) is 0 Å². The maximum Gasteiger partial charge on any atom is 0.417 e. The van der Waals surface area contributed by atoms with Crippen molar-refractivity contribution >= 4 is 16.8 Å². The Kier molecular flexibility index (Phi) is 6.04. The van der Waals surface area contributed by atoms with Crippen molar-refractivity contribution in [1.29, 1.82) is 0 Å². The van der Waals surface area contributed by atoms with Gasteiger partial charge in [-0.3, -0.25) is 14.6 Å². The summed E-state index contributed by atoms with van der Waals surface area (Å²) in [6.07, 6.45) is -2.24. The van der Waals surface area contributed by atoms with Crippen LogP contribution in [0.2, 0.25) is 0 Å². The summed E-state index contributed by atoms with van der Waals surface area (Å²) in [6, 6.07) is 12.3. The van der Waals surface area contributed by atoms with E-state index in [0.29, 0.717) is 44.5 Å². The zero-order valence-electron chi connectivity index (χ0n) is 17.7. The van der Waals surface area contributed by atoms with E-state index in [2.05, 4.69) is 9.97 Å². The molecular formula is C24H24F3N3O2. The van der Waals surface area contributed by atoms with Gasteiger partial charge in [0.05, 0.1) is 16.5 Å². The summed E-state index contributed by atoms with van der Waals surface area (Å²) in [6.45, 7) is 2.58. The molecule has 0 unspecified atom stereocenters. The summed E-state index contributed by atoms with van der Waals surface area (Å²) in [5.74, 6) is 0.0494. The van der Waals surface area contributed by atoms with Gasteiger partial charge < -0.3 is 9.88 Å². The molecule has 5 nitrogen and oxygen atoms in total. The third-order valence-corrected chi connectivity index (χ3v) is 6.02. The summed E-state index contributed by atoms with van der Waals surface area (Å²) >= 11 is 0. The van der Waals surface area contributed by atoms with Crippen LogP contribution in [-0.2, 0) is 17.4 Å². The number of nitrogens with zero attached hydrogens (tertiary/aromatic N) is 2. The number of aromatic nitrogens is 2. The first-order chi connectivity index (χ1) is 15.2. The second-order valence-corrected chi connectivity index (χ2v) is 8.26. The lowest BCUT2D eigenvalue weighted by Gasteiger charge is -2.32. The van der Waals surface area contributed by atoms with Crippen LogP contribution in [0.5, 0.6) is 0 Å². The van der Waals surface area contributed by atoms with Crippen molar-refractivity contribution in [3.05, 3.63) is 75.3 Å². The number of carbonyl (C=O) groups excluding carboxylic acids is 1. The Morgan fingerprint density at radius 2 is 1.84 bits per heavy atom. The first-order valence-corrected chi connectivity index (χ1v) is 10.7. The number of benzene rings is 1. The smallest absolute Gasteiger partial charge is 0.343 e. The molecule has 0 spiro atoms. The summed E-state index contributed by atoms with van der Waals surface area (Å²) in [5, 5.41) is -0.430. The maximum atomic E-state index is 13.4. The summed E-state index contributed by atoms with van der Waals surface area (Å²) in [4.78, 5) is 33.8. The Hall–Kier alpha value is -3.16. The molecule has 1 saturated heterocycles. The molecule has 0 radical (unpaired) electrons. The SMILES string of the molecule is Cc1cc(C(F)(F)F)c2c(=O)[nH]c(C3CCN(C(=O)CCc4ccccc4)CC3)cc2n1. The fourth-order valence-corrected chi connectivity index (χ4v) is 4.35. The van der Waals surface area contributed by atoms with Crippen LogP contribution < -0.4 is 5.56 Å². The Morgan fingerprint density at radius 1 is 1.16 bits per heavy atom.